The molecule has 1 aliphatic heterocycles. The number of rotatable bonds is 11. The van der Waals surface area contributed by atoms with E-state index < -0.39 is 0 Å². The molecular weight excluding hydrogens is 444 g/mol. The summed E-state index contributed by atoms with van der Waals surface area (Å²) >= 11 is 1.65. The van der Waals surface area contributed by atoms with Crippen LogP contribution in [0.3, 0.4) is 0 Å². The predicted octanol–water partition coefficient (Wildman–Crippen LogP) is 4.60. The lowest BCUT2D eigenvalue weighted by Gasteiger charge is -2.37. The molecule has 2 fully saturated rings. The minimum Gasteiger partial charge on any atom is -0.351 e. The highest BCUT2D eigenvalue weighted by molar-refractivity contribution is 7.09. The quantitative estimate of drug-likeness (QED) is 0.366. The van der Waals surface area contributed by atoms with Gasteiger partial charge in [0.25, 0.3) is 0 Å². The van der Waals surface area contributed by atoms with Gasteiger partial charge in [0, 0.05) is 30.2 Å². The first-order valence-corrected chi connectivity index (χ1v) is 14.1. The molecule has 2 heterocycles. The van der Waals surface area contributed by atoms with Crippen LogP contribution in [-0.2, 0) is 16.1 Å². The van der Waals surface area contributed by atoms with E-state index in [1.165, 1.54) is 19.3 Å². The molecule has 34 heavy (non-hydrogen) atoms. The monoisotopic (exact) mass is 488 g/mol. The summed E-state index contributed by atoms with van der Waals surface area (Å²) in [4.78, 5) is 36.8. The Hall–Kier alpha value is -1.73. The number of carbonyl (C=O) groups excluding carboxylic acids is 2. The molecule has 1 aromatic rings. The second-order valence-electron chi connectivity index (χ2n) is 10.4. The van der Waals surface area contributed by atoms with Crippen molar-refractivity contribution in [2.75, 3.05) is 33.7 Å². The predicted molar refractivity (Wildman–Crippen MR) is 141 cm³/mol. The lowest BCUT2D eigenvalue weighted by atomic mass is 9.85. The third-order valence-electron chi connectivity index (χ3n) is 7.36. The fourth-order valence-electron chi connectivity index (χ4n) is 5.07. The van der Waals surface area contributed by atoms with Crippen LogP contribution in [0.25, 0.3) is 0 Å². The van der Waals surface area contributed by atoms with E-state index in [-0.39, 0.29) is 29.6 Å². The van der Waals surface area contributed by atoms with Gasteiger partial charge in [-0.05, 0) is 70.1 Å². The second kappa shape index (κ2) is 14.0. The van der Waals surface area contributed by atoms with Crippen LogP contribution in [0.2, 0.25) is 0 Å². The van der Waals surface area contributed by atoms with Crippen molar-refractivity contribution in [3.05, 3.63) is 22.4 Å². The Morgan fingerprint density at radius 1 is 1.24 bits per heavy atom. The molecule has 1 aliphatic carbocycles. The molecule has 0 radical (unpaired) electrons. The highest BCUT2D eigenvalue weighted by atomic mass is 32.1. The molecule has 0 spiro atoms. The topological polar surface area (TPSA) is 65.0 Å². The van der Waals surface area contributed by atoms with Gasteiger partial charge in [0.15, 0.2) is 0 Å². The fraction of sp³-hybridized carbons (Fsp3) is 0.741. The Balaban J connectivity index is 1.60. The van der Waals surface area contributed by atoms with Gasteiger partial charge in [0.1, 0.15) is 0 Å². The molecular formula is C27H44N4O2S. The molecule has 1 aromatic heterocycles. The number of carbonyl (C=O) groups is 2. The molecule has 0 aromatic carbocycles. The van der Waals surface area contributed by atoms with Crippen molar-refractivity contribution in [1.29, 1.82) is 0 Å². The van der Waals surface area contributed by atoms with E-state index in [4.69, 9.17) is 4.99 Å². The van der Waals surface area contributed by atoms with E-state index >= 15 is 0 Å². The number of likely N-dealkylation sites (tertiary alicyclic amines) is 1. The normalized spacial score (nSPS) is 22.9. The summed E-state index contributed by atoms with van der Waals surface area (Å²) in [6, 6.07) is 4.42. The Morgan fingerprint density at radius 3 is 2.74 bits per heavy atom. The highest BCUT2D eigenvalue weighted by Crippen LogP contribution is 2.26. The number of piperidine rings is 1. The summed E-state index contributed by atoms with van der Waals surface area (Å²) in [5, 5.41) is 5.12. The molecule has 2 aliphatic rings. The summed E-state index contributed by atoms with van der Waals surface area (Å²) in [5.41, 5.74) is 0. The zero-order valence-corrected chi connectivity index (χ0v) is 22.2. The average molecular weight is 489 g/mol. The minimum atomic E-state index is -0.174. The van der Waals surface area contributed by atoms with Crippen molar-refractivity contribution in [2.45, 2.75) is 77.3 Å². The van der Waals surface area contributed by atoms with E-state index in [0.29, 0.717) is 19.1 Å². The van der Waals surface area contributed by atoms with Crippen LogP contribution < -0.4 is 5.32 Å². The number of aliphatic imine (C=N–C) groups is 1. The molecule has 0 bridgehead atoms. The van der Waals surface area contributed by atoms with Crippen LogP contribution in [0.4, 0.5) is 0 Å². The molecule has 1 saturated heterocycles. The summed E-state index contributed by atoms with van der Waals surface area (Å²) in [6.07, 6.45) is 11.9. The second-order valence-corrected chi connectivity index (χ2v) is 11.5. The molecule has 3 atom stereocenters. The number of amides is 2. The zero-order valence-electron chi connectivity index (χ0n) is 21.4. The van der Waals surface area contributed by atoms with Gasteiger partial charge in [0.2, 0.25) is 11.8 Å². The van der Waals surface area contributed by atoms with E-state index in [1.54, 1.807) is 11.3 Å². The molecule has 1 N–H and O–H groups in total. The largest absolute Gasteiger partial charge is 0.351 e. The van der Waals surface area contributed by atoms with Crippen molar-refractivity contribution in [2.24, 2.45) is 22.7 Å². The summed E-state index contributed by atoms with van der Waals surface area (Å²) < 4.78 is 0. The lowest BCUT2D eigenvalue weighted by Crippen LogP contribution is -2.50. The number of nitrogens with one attached hydrogen (secondary N) is 1. The van der Waals surface area contributed by atoms with Gasteiger partial charge in [-0.15, -0.1) is 11.3 Å². The first-order chi connectivity index (χ1) is 16.4. The number of thiophene rings is 1. The Kier molecular flexibility index (Phi) is 11.0. The minimum absolute atomic E-state index is 0.0665. The van der Waals surface area contributed by atoms with Crippen molar-refractivity contribution < 1.29 is 9.59 Å². The van der Waals surface area contributed by atoms with Gasteiger partial charge < -0.3 is 15.1 Å². The average Bonchev–Trinajstić information content (AvgIpc) is 3.36. The SMILES string of the molecule is C[C@@H]1CCN(C(=O)C(C=NC2CCCCC2)CCCCN(C)C)C[C@@H]1C(=O)NCc1cccs1. The maximum absolute atomic E-state index is 13.6. The van der Waals surface area contributed by atoms with Crippen LogP contribution >= 0.6 is 11.3 Å². The Bertz CT molecular complexity index is 774. The van der Waals surface area contributed by atoms with Gasteiger partial charge in [0.05, 0.1) is 18.4 Å². The van der Waals surface area contributed by atoms with Crippen molar-refractivity contribution in [3.63, 3.8) is 0 Å². The Morgan fingerprint density at radius 2 is 2.03 bits per heavy atom. The number of unbranched alkanes of at least 4 members (excludes halogenated alkanes) is 1. The molecule has 1 unspecified atom stereocenters. The Labute approximate surface area is 210 Å². The number of nitrogens with zero attached hydrogens (tertiary/aromatic N) is 3. The number of hydrogen-bond donors (Lipinski definition) is 1. The van der Waals surface area contributed by atoms with Crippen molar-refractivity contribution in [1.82, 2.24) is 15.1 Å². The van der Waals surface area contributed by atoms with Crippen LogP contribution in [0.15, 0.2) is 22.5 Å². The van der Waals surface area contributed by atoms with E-state index in [0.717, 1.165) is 56.5 Å². The standard InChI is InChI=1S/C27H44N4O2S/c1-21-14-16-31(20-25(21)26(32)29-19-24-13-9-17-34-24)27(33)22(10-7-8-15-30(2)3)18-28-23-11-5-4-6-12-23/h9,13,17-18,21-23,25H,4-8,10-12,14-16,19-20H2,1-3H3,(H,29,32)/t21-,22?,25+/m1/s1. The van der Waals surface area contributed by atoms with Crippen LogP contribution in [0, 0.1) is 17.8 Å². The zero-order chi connectivity index (χ0) is 24.3. The molecule has 190 valence electrons. The summed E-state index contributed by atoms with van der Waals surface area (Å²) in [7, 11) is 4.18. The van der Waals surface area contributed by atoms with Gasteiger partial charge in [-0.1, -0.05) is 38.7 Å². The van der Waals surface area contributed by atoms with E-state index in [9.17, 15) is 9.59 Å². The van der Waals surface area contributed by atoms with Crippen molar-refractivity contribution >= 4 is 29.4 Å². The lowest BCUT2D eigenvalue weighted by molar-refractivity contribution is -0.139. The van der Waals surface area contributed by atoms with Gasteiger partial charge in [-0.25, -0.2) is 0 Å². The van der Waals surface area contributed by atoms with Crippen LogP contribution in [0.5, 0.6) is 0 Å². The maximum atomic E-state index is 13.6. The third-order valence-corrected chi connectivity index (χ3v) is 8.24. The van der Waals surface area contributed by atoms with Crippen molar-refractivity contribution in [3.8, 4) is 0 Å². The third kappa shape index (κ3) is 8.49. The maximum Gasteiger partial charge on any atom is 0.231 e. The molecule has 7 heteroatoms. The van der Waals surface area contributed by atoms with E-state index in [1.807, 2.05) is 28.6 Å². The molecule has 2 amide bonds. The smallest absolute Gasteiger partial charge is 0.231 e. The molecule has 3 rings (SSSR count). The first kappa shape index (κ1) is 26.9. The number of hydrogen-bond acceptors (Lipinski definition) is 5. The van der Waals surface area contributed by atoms with Crippen LogP contribution in [0.1, 0.15) is 69.6 Å². The van der Waals surface area contributed by atoms with Crippen LogP contribution in [-0.4, -0.2) is 67.6 Å². The highest BCUT2D eigenvalue weighted by Gasteiger charge is 2.35. The van der Waals surface area contributed by atoms with E-state index in [2.05, 4.69) is 31.2 Å². The fourth-order valence-corrected chi connectivity index (χ4v) is 5.72. The first-order valence-electron chi connectivity index (χ1n) is 13.2. The molecule has 1 saturated carbocycles. The molecule has 6 nitrogen and oxygen atoms in total. The van der Waals surface area contributed by atoms with Gasteiger partial charge in [-0.2, -0.15) is 0 Å². The van der Waals surface area contributed by atoms with Gasteiger partial charge in [-0.3, -0.25) is 14.6 Å². The summed E-state index contributed by atoms with van der Waals surface area (Å²) in [5.74, 6) is 0.181. The van der Waals surface area contributed by atoms with Gasteiger partial charge >= 0.3 is 0 Å². The summed E-state index contributed by atoms with van der Waals surface area (Å²) in [6.45, 7) is 4.99.